The van der Waals surface area contributed by atoms with Gasteiger partial charge in [0, 0.05) is 28.0 Å². The molecule has 5 nitrogen and oxygen atoms in total. The molecule has 0 saturated heterocycles. The third kappa shape index (κ3) is 5.30. The van der Waals surface area contributed by atoms with Gasteiger partial charge in [0.05, 0.1) is 12.2 Å². The van der Waals surface area contributed by atoms with Crippen LogP contribution in [0.2, 0.25) is 0 Å². The molecule has 3 aromatic carbocycles. The molecular weight excluding hydrogens is 394 g/mol. The Morgan fingerprint density at radius 3 is 2.47 bits per heavy atom. The minimum absolute atomic E-state index is 0.0687. The molecule has 1 aromatic heterocycles. The Balaban J connectivity index is 1.30. The lowest BCUT2D eigenvalue weighted by molar-refractivity contribution is -0.115. The zero-order valence-electron chi connectivity index (χ0n) is 16.2. The molecule has 0 bridgehead atoms. The van der Waals surface area contributed by atoms with Crippen molar-refractivity contribution in [3.8, 4) is 0 Å². The van der Waals surface area contributed by atoms with Crippen LogP contribution in [-0.2, 0) is 16.0 Å². The van der Waals surface area contributed by atoms with Crippen molar-refractivity contribution in [2.45, 2.75) is 11.3 Å². The number of H-pyrrole nitrogens is 1. The molecule has 4 aromatic rings. The molecular formula is C24H21N3O2S. The number of aromatic nitrogens is 1. The predicted octanol–water partition coefficient (Wildman–Crippen LogP) is 5.08. The van der Waals surface area contributed by atoms with Crippen LogP contribution in [0.1, 0.15) is 5.56 Å². The summed E-state index contributed by atoms with van der Waals surface area (Å²) in [6.07, 6.45) is 2.20. The molecule has 0 aliphatic rings. The van der Waals surface area contributed by atoms with Gasteiger partial charge in [-0.15, -0.1) is 11.8 Å². The maximum absolute atomic E-state index is 12.3. The number of carbonyl (C=O) groups is 2. The molecule has 1 heterocycles. The molecule has 0 aliphatic heterocycles. The number of anilines is 2. The summed E-state index contributed by atoms with van der Waals surface area (Å²) in [6.45, 7) is 0. The normalized spacial score (nSPS) is 10.7. The standard InChI is InChI=1S/C24H21N3O2S/c28-23(13-17-5-2-1-3-6-17)26-19-7-4-8-21(14-19)30-16-24(29)27-20-10-9-18-11-12-25-22(18)15-20/h1-12,14-15,25H,13,16H2,(H,26,28)(H,27,29). The molecule has 30 heavy (non-hydrogen) atoms. The molecule has 0 fully saturated rings. The Morgan fingerprint density at radius 2 is 1.60 bits per heavy atom. The quantitative estimate of drug-likeness (QED) is 0.369. The third-order valence-electron chi connectivity index (χ3n) is 4.53. The summed E-state index contributed by atoms with van der Waals surface area (Å²) in [5.74, 6) is 0.134. The number of thioether (sulfide) groups is 1. The van der Waals surface area contributed by atoms with Gasteiger partial charge in [-0.05, 0) is 47.3 Å². The molecule has 6 heteroatoms. The number of hydrogen-bond donors (Lipinski definition) is 3. The van der Waals surface area contributed by atoms with Gasteiger partial charge in [0.2, 0.25) is 11.8 Å². The Labute approximate surface area is 178 Å². The monoisotopic (exact) mass is 415 g/mol. The van der Waals surface area contributed by atoms with Crippen molar-refractivity contribution in [2.24, 2.45) is 0 Å². The molecule has 0 radical (unpaired) electrons. The molecule has 3 N–H and O–H groups in total. The third-order valence-corrected chi connectivity index (χ3v) is 5.53. The fourth-order valence-electron chi connectivity index (χ4n) is 3.12. The van der Waals surface area contributed by atoms with Gasteiger partial charge in [-0.2, -0.15) is 0 Å². The second-order valence-electron chi connectivity index (χ2n) is 6.85. The number of nitrogens with one attached hydrogen (secondary N) is 3. The van der Waals surface area contributed by atoms with Crippen LogP contribution in [0.5, 0.6) is 0 Å². The summed E-state index contributed by atoms with van der Waals surface area (Å²) < 4.78 is 0. The van der Waals surface area contributed by atoms with Crippen molar-refractivity contribution in [1.29, 1.82) is 0 Å². The zero-order chi connectivity index (χ0) is 20.8. The van der Waals surface area contributed by atoms with E-state index in [1.54, 1.807) is 0 Å². The Hall–Kier alpha value is -3.51. The lowest BCUT2D eigenvalue weighted by Gasteiger charge is -2.08. The first-order valence-corrected chi connectivity index (χ1v) is 10.6. The Bertz CT molecular complexity index is 1170. The SMILES string of the molecule is O=C(CSc1cccc(NC(=O)Cc2ccccc2)c1)Nc1ccc2cc[nH]c2c1. The van der Waals surface area contributed by atoms with Gasteiger partial charge < -0.3 is 15.6 Å². The van der Waals surface area contributed by atoms with Gasteiger partial charge in [-0.25, -0.2) is 0 Å². The smallest absolute Gasteiger partial charge is 0.234 e. The molecule has 2 amide bonds. The van der Waals surface area contributed by atoms with E-state index in [1.807, 2.05) is 85.1 Å². The van der Waals surface area contributed by atoms with E-state index in [0.717, 1.165) is 32.7 Å². The lowest BCUT2D eigenvalue weighted by atomic mass is 10.1. The molecule has 0 unspecified atom stereocenters. The van der Waals surface area contributed by atoms with Crippen LogP contribution in [0.25, 0.3) is 10.9 Å². The fraction of sp³-hybridized carbons (Fsp3) is 0.0833. The number of aromatic amines is 1. The van der Waals surface area contributed by atoms with Crippen molar-refractivity contribution in [2.75, 3.05) is 16.4 Å². The number of carbonyl (C=O) groups excluding carboxylic acids is 2. The molecule has 4 rings (SSSR count). The summed E-state index contributed by atoms with van der Waals surface area (Å²) >= 11 is 1.43. The molecule has 0 spiro atoms. The first kappa shape index (κ1) is 19.8. The van der Waals surface area contributed by atoms with Gasteiger partial charge in [0.25, 0.3) is 0 Å². The number of benzene rings is 3. The fourth-order valence-corrected chi connectivity index (χ4v) is 3.88. The number of rotatable bonds is 7. The molecule has 0 saturated carbocycles. The van der Waals surface area contributed by atoms with Crippen LogP contribution in [0.4, 0.5) is 11.4 Å². The van der Waals surface area contributed by atoms with Crippen LogP contribution in [0, 0.1) is 0 Å². The highest BCUT2D eigenvalue weighted by atomic mass is 32.2. The maximum Gasteiger partial charge on any atom is 0.234 e. The second-order valence-corrected chi connectivity index (χ2v) is 7.90. The maximum atomic E-state index is 12.3. The van der Waals surface area contributed by atoms with E-state index in [0.29, 0.717) is 6.42 Å². The van der Waals surface area contributed by atoms with E-state index >= 15 is 0 Å². The van der Waals surface area contributed by atoms with Gasteiger partial charge in [0.15, 0.2) is 0 Å². The topological polar surface area (TPSA) is 74.0 Å². The molecule has 0 atom stereocenters. The average Bonchev–Trinajstić information content (AvgIpc) is 3.21. The van der Waals surface area contributed by atoms with E-state index in [4.69, 9.17) is 0 Å². The summed E-state index contributed by atoms with van der Waals surface area (Å²) in [6, 6.07) is 24.9. The Morgan fingerprint density at radius 1 is 0.800 bits per heavy atom. The first-order chi connectivity index (χ1) is 14.7. The van der Waals surface area contributed by atoms with E-state index in [9.17, 15) is 9.59 Å². The van der Waals surface area contributed by atoms with Crippen LogP contribution >= 0.6 is 11.8 Å². The second kappa shape index (κ2) is 9.33. The summed E-state index contributed by atoms with van der Waals surface area (Å²) in [5, 5.41) is 6.94. The number of fused-ring (bicyclic) bond motifs is 1. The van der Waals surface area contributed by atoms with E-state index in [2.05, 4.69) is 15.6 Å². The lowest BCUT2D eigenvalue weighted by Crippen LogP contribution is -2.15. The van der Waals surface area contributed by atoms with Crippen LogP contribution < -0.4 is 10.6 Å². The predicted molar refractivity (Wildman–Crippen MR) is 123 cm³/mol. The van der Waals surface area contributed by atoms with Crippen molar-refractivity contribution < 1.29 is 9.59 Å². The van der Waals surface area contributed by atoms with Gasteiger partial charge in [0.1, 0.15) is 0 Å². The van der Waals surface area contributed by atoms with Gasteiger partial charge >= 0.3 is 0 Å². The zero-order valence-corrected chi connectivity index (χ0v) is 17.0. The van der Waals surface area contributed by atoms with Crippen molar-refractivity contribution in [1.82, 2.24) is 4.98 Å². The van der Waals surface area contributed by atoms with Gasteiger partial charge in [-0.1, -0.05) is 42.5 Å². The van der Waals surface area contributed by atoms with Crippen molar-refractivity contribution >= 4 is 45.9 Å². The molecule has 0 aliphatic carbocycles. The van der Waals surface area contributed by atoms with Crippen molar-refractivity contribution in [3.05, 3.63) is 90.6 Å². The summed E-state index contributed by atoms with van der Waals surface area (Å²) in [5.41, 5.74) is 3.44. The van der Waals surface area contributed by atoms with E-state index < -0.39 is 0 Å². The highest BCUT2D eigenvalue weighted by Crippen LogP contribution is 2.23. The minimum atomic E-state index is -0.0792. The summed E-state index contributed by atoms with van der Waals surface area (Å²) in [7, 11) is 0. The van der Waals surface area contributed by atoms with Crippen molar-refractivity contribution in [3.63, 3.8) is 0 Å². The van der Waals surface area contributed by atoms with E-state index in [1.165, 1.54) is 11.8 Å². The minimum Gasteiger partial charge on any atom is -0.361 e. The highest BCUT2D eigenvalue weighted by molar-refractivity contribution is 8.00. The van der Waals surface area contributed by atoms with Crippen LogP contribution in [0.15, 0.2) is 90.0 Å². The van der Waals surface area contributed by atoms with Crippen LogP contribution in [-0.4, -0.2) is 22.6 Å². The van der Waals surface area contributed by atoms with Gasteiger partial charge in [-0.3, -0.25) is 9.59 Å². The first-order valence-electron chi connectivity index (χ1n) is 9.59. The Kier molecular flexibility index (Phi) is 6.15. The van der Waals surface area contributed by atoms with E-state index in [-0.39, 0.29) is 17.6 Å². The summed E-state index contributed by atoms with van der Waals surface area (Å²) in [4.78, 5) is 28.6. The highest BCUT2D eigenvalue weighted by Gasteiger charge is 2.07. The average molecular weight is 416 g/mol. The number of amides is 2. The number of hydrogen-bond acceptors (Lipinski definition) is 3. The molecule has 150 valence electrons. The largest absolute Gasteiger partial charge is 0.361 e. The van der Waals surface area contributed by atoms with Crippen LogP contribution in [0.3, 0.4) is 0 Å².